The highest BCUT2D eigenvalue weighted by molar-refractivity contribution is 7.98. The summed E-state index contributed by atoms with van der Waals surface area (Å²) >= 11 is 5.47. The maximum absolute atomic E-state index is 13.1. The van der Waals surface area contributed by atoms with E-state index >= 15 is 0 Å². The van der Waals surface area contributed by atoms with Gasteiger partial charge in [-0.3, -0.25) is 14.4 Å². The predicted molar refractivity (Wildman–Crippen MR) is 133 cm³/mol. The fraction of sp³-hybridized carbons (Fsp3) is 0.650. The molecule has 34 heavy (non-hydrogen) atoms. The lowest BCUT2D eigenvalue weighted by Gasteiger charge is -2.25. The molecule has 0 aromatic carbocycles. The highest BCUT2D eigenvalue weighted by atomic mass is 32.2. The first kappa shape index (κ1) is 29.7. The summed E-state index contributed by atoms with van der Waals surface area (Å²) in [5.41, 5.74) is 11.9. The van der Waals surface area contributed by atoms with Gasteiger partial charge in [0.1, 0.15) is 18.1 Å². The second kappa shape index (κ2) is 16.4. The van der Waals surface area contributed by atoms with Gasteiger partial charge >= 0.3 is 5.97 Å². The minimum Gasteiger partial charge on any atom is -0.480 e. The van der Waals surface area contributed by atoms with E-state index in [0.29, 0.717) is 30.8 Å². The number of hydrogen-bond acceptors (Lipinski definition) is 9. The van der Waals surface area contributed by atoms with Gasteiger partial charge < -0.3 is 37.5 Å². The Kier molecular flexibility index (Phi) is 14.3. The van der Waals surface area contributed by atoms with E-state index in [-0.39, 0.29) is 25.0 Å². The standard InChI is InChI=1S/C20H35N7O5S2/c1-34-7-5-15(20(31)32)26-18(29)14(4-2-3-6-21)25-19(30)16(8-12-9-23-11-24-12)27-17(28)13(22)10-33/h9,11,13-16,33H,2-8,10,21-22H2,1H3,(H,23,24)(H,25,30)(H,26,29)(H,27,28)(H,31,32). The van der Waals surface area contributed by atoms with Crippen LogP contribution in [0, 0.1) is 0 Å². The second-order valence-corrected chi connectivity index (χ2v) is 9.01. The van der Waals surface area contributed by atoms with Crippen LogP contribution in [0.1, 0.15) is 31.4 Å². The SMILES string of the molecule is CSCCC(NC(=O)C(CCCCN)NC(=O)C(Cc1cnc[nH]1)NC(=O)C(N)CS)C(=O)O. The zero-order valence-electron chi connectivity index (χ0n) is 19.2. The Morgan fingerprint density at radius 2 is 1.74 bits per heavy atom. The van der Waals surface area contributed by atoms with Gasteiger partial charge in [0.2, 0.25) is 17.7 Å². The third-order valence-corrected chi connectivity index (χ3v) is 5.99. The molecule has 1 aromatic heterocycles. The van der Waals surface area contributed by atoms with Gasteiger partial charge in [0.05, 0.1) is 12.4 Å². The van der Waals surface area contributed by atoms with Crippen LogP contribution in [-0.2, 0) is 25.6 Å². The Morgan fingerprint density at radius 1 is 1.09 bits per heavy atom. The van der Waals surface area contributed by atoms with Gasteiger partial charge in [0, 0.05) is 24.1 Å². The Morgan fingerprint density at radius 3 is 2.29 bits per heavy atom. The fourth-order valence-corrected chi connectivity index (χ4v) is 3.62. The number of nitrogens with zero attached hydrogens (tertiary/aromatic N) is 1. The van der Waals surface area contributed by atoms with Crippen LogP contribution in [0.4, 0.5) is 0 Å². The van der Waals surface area contributed by atoms with Crippen molar-refractivity contribution in [3.8, 4) is 0 Å². The molecular weight excluding hydrogens is 482 g/mol. The zero-order chi connectivity index (χ0) is 25.5. The third kappa shape index (κ3) is 10.8. The van der Waals surface area contributed by atoms with Crippen LogP contribution in [-0.4, -0.2) is 87.2 Å². The molecule has 14 heteroatoms. The van der Waals surface area contributed by atoms with Crippen molar-refractivity contribution in [1.82, 2.24) is 25.9 Å². The predicted octanol–water partition coefficient (Wildman–Crippen LogP) is -1.37. The molecular formula is C20H35N7O5S2. The van der Waals surface area contributed by atoms with Gasteiger partial charge in [-0.15, -0.1) is 0 Å². The van der Waals surface area contributed by atoms with Crippen molar-refractivity contribution in [2.45, 2.75) is 56.3 Å². The van der Waals surface area contributed by atoms with E-state index < -0.39 is 47.9 Å². The zero-order valence-corrected chi connectivity index (χ0v) is 20.9. The number of thioether (sulfide) groups is 1. The van der Waals surface area contributed by atoms with Crippen molar-refractivity contribution >= 4 is 48.1 Å². The lowest BCUT2D eigenvalue weighted by molar-refractivity contribution is -0.142. The lowest BCUT2D eigenvalue weighted by atomic mass is 10.1. The van der Waals surface area contributed by atoms with E-state index in [4.69, 9.17) is 11.5 Å². The average Bonchev–Trinajstić information content (AvgIpc) is 3.32. The number of amides is 3. The number of hydrogen-bond donors (Lipinski definition) is 8. The van der Waals surface area contributed by atoms with Crippen LogP contribution in [0.3, 0.4) is 0 Å². The first-order valence-corrected chi connectivity index (χ1v) is 12.9. The number of aliphatic carboxylic acids is 1. The van der Waals surface area contributed by atoms with E-state index in [9.17, 15) is 24.3 Å². The molecule has 0 fully saturated rings. The number of nitrogens with two attached hydrogens (primary N) is 2. The number of rotatable bonds is 17. The van der Waals surface area contributed by atoms with Crippen LogP contribution in [0.2, 0.25) is 0 Å². The van der Waals surface area contributed by atoms with Crippen molar-refractivity contribution in [3.05, 3.63) is 18.2 Å². The lowest BCUT2D eigenvalue weighted by Crippen LogP contribution is -2.57. The van der Waals surface area contributed by atoms with Crippen molar-refractivity contribution in [3.63, 3.8) is 0 Å². The summed E-state index contributed by atoms with van der Waals surface area (Å²) in [4.78, 5) is 56.7. The Balaban J connectivity index is 3.00. The number of H-pyrrole nitrogens is 1. The average molecular weight is 518 g/mol. The molecule has 0 aliphatic rings. The van der Waals surface area contributed by atoms with Crippen molar-refractivity contribution < 1.29 is 24.3 Å². The van der Waals surface area contributed by atoms with Gasteiger partial charge in [0.15, 0.2) is 0 Å². The molecule has 12 nitrogen and oxygen atoms in total. The van der Waals surface area contributed by atoms with Crippen LogP contribution in [0.25, 0.3) is 0 Å². The van der Waals surface area contributed by atoms with Crippen LogP contribution < -0.4 is 27.4 Å². The van der Waals surface area contributed by atoms with Gasteiger partial charge in [-0.25, -0.2) is 9.78 Å². The molecule has 1 rings (SSSR count). The number of carboxylic acids is 1. The number of carboxylic acid groups (broad SMARTS) is 1. The minimum absolute atomic E-state index is 0.0828. The van der Waals surface area contributed by atoms with E-state index in [1.807, 2.05) is 6.26 Å². The van der Waals surface area contributed by atoms with Crippen molar-refractivity contribution in [2.24, 2.45) is 11.5 Å². The number of imidazole rings is 1. The highest BCUT2D eigenvalue weighted by Gasteiger charge is 2.30. The number of carbonyl (C=O) groups excluding carboxylic acids is 3. The maximum Gasteiger partial charge on any atom is 0.326 e. The third-order valence-electron chi connectivity index (χ3n) is 4.95. The topological polar surface area (TPSA) is 205 Å². The van der Waals surface area contributed by atoms with Gasteiger partial charge in [0.25, 0.3) is 0 Å². The molecule has 192 valence electrons. The van der Waals surface area contributed by atoms with Crippen molar-refractivity contribution in [1.29, 1.82) is 0 Å². The maximum atomic E-state index is 13.1. The smallest absolute Gasteiger partial charge is 0.326 e. The van der Waals surface area contributed by atoms with Crippen LogP contribution >= 0.6 is 24.4 Å². The molecule has 1 aromatic rings. The first-order chi connectivity index (χ1) is 16.2. The molecule has 9 N–H and O–H groups in total. The summed E-state index contributed by atoms with van der Waals surface area (Å²) in [7, 11) is 0. The molecule has 3 amide bonds. The summed E-state index contributed by atoms with van der Waals surface area (Å²) in [6.07, 6.45) is 6.54. The fourth-order valence-electron chi connectivity index (χ4n) is 2.99. The van der Waals surface area contributed by atoms with Gasteiger partial charge in [-0.05, 0) is 44.2 Å². The highest BCUT2D eigenvalue weighted by Crippen LogP contribution is 2.07. The summed E-state index contributed by atoms with van der Waals surface area (Å²) in [6.45, 7) is 0.411. The van der Waals surface area contributed by atoms with Gasteiger partial charge in [-0.1, -0.05) is 0 Å². The summed E-state index contributed by atoms with van der Waals surface area (Å²) < 4.78 is 0. The number of nitrogens with one attached hydrogen (secondary N) is 4. The molecule has 4 unspecified atom stereocenters. The number of thiol groups is 1. The monoisotopic (exact) mass is 517 g/mol. The molecule has 0 radical (unpaired) electrons. The number of aromatic nitrogens is 2. The number of carbonyl (C=O) groups is 4. The van der Waals surface area contributed by atoms with E-state index in [1.165, 1.54) is 24.3 Å². The summed E-state index contributed by atoms with van der Waals surface area (Å²) in [5, 5.41) is 17.2. The Hall–Kier alpha value is -2.29. The van der Waals surface area contributed by atoms with Crippen molar-refractivity contribution in [2.75, 3.05) is 24.3 Å². The largest absolute Gasteiger partial charge is 0.480 e. The molecule has 0 saturated heterocycles. The molecule has 0 saturated carbocycles. The normalized spacial score (nSPS) is 14.5. The quantitative estimate of drug-likeness (QED) is 0.0905. The Labute approximate surface area is 208 Å². The van der Waals surface area contributed by atoms with E-state index in [1.54, 1.807) is 0 Å². The summed E-state index contributed by atoms with van der Waals surface area (Å²) in [5.74, 6) is -2.32. The van der Waals surface area contributed by atoms with Crippen LogP contribution in [0.5, 0.6) is 0 Å². The van der Waals surface area contributed by atoms with Gasteiger partial charge in [-0.2, -0.15) is 24.4 Å². The molecule has 1 heterocycles. The minimum atomic E-state index is -1.15. The number of aromatic amines is 1. The molecule has 0 aliphatic heterocycles. The number of unbranched alkanes of at least 4 members (excludes halogenated alkanes) is 1. The molecule has 0 aliphatic carbocycles. The first-order valence-electron chi connectivity index (χ1n) is 10.9. The van der Waals surface area contributed by atoms with E-state index in [2.05, 4.69) is 38.5 Å². The van der Waals surface area contributed by atoms with E-state index in [0.717, 1.165) is 0 Å². The summed E-state index contributed by atoms with van der Waals surface area (Å²) in [6, 6.07) is -4.05. The molecule has 4 atom stereocenters. The van der Waals surface area contributed by atoms with Crippen LogP contribution in [0.15, 0.2) is 12.5 Å². The molecule has 0 bridgehead atoms. The Bertz CT molecular complexity index is 781. The second-order valence-electron chi connectivity index (χ2n) is 7.66. The molecule has 0 spiro atoms.